The maximum atomic E-state index is 12.1. The largest absolute Gasteiger partial charge is 0.469 e. The summed E-state index contributed by atoms with van der Waals surface area (Å²) in [5, 5.41) is 0. The minimum atomic E-state index is -0.360. The summed E-state index contributed by atoms with van der Waals surface area (Å²) in [7, 11) is 5.21. The second kappa shape index (κ2) is 6.19. The van der Waals surface area contributed by atoms with Gasteiger partial charge >= 0.3 is 5.97 Å². The lowest BCUT2D eigenvalue weighted by atomic mass is 9.96. The molecule has 0 saturated heterocycles. The number of methoxy groups -OCH3 is 1. The van der Waals surface area contributed by atoms with E-state index in [1.165, 1.54) is 7.11 Å². The Labute approximate surface area is 108 Å². The van der Waals surface area contributed by atoms with Crippen molar-refractivity contribution < 1.29 is 14.3 Å². The zero-order valence-electron chi connectivity index (χ0n) is 11.3. The van der Waals surface area contributed by atoms with Gasteiger partial charge < -0.3 is 9.64 Å². The summed E-state index contributed by atoms with van der Waals surface area (Å²) in [6, 6.07) is 7.34. The normalized spacial score (nSPS) is 11.8. The summed E-state index contributed by atoms with van der Waals surface area (Å²) in [6.45, 7) is 1.74. The van der Waals surface area contributed by atoms with Gasteiger partial charge in [0.1, 0.15) is 0 Å². The number of ketones is 1. The maximum Gasteiger partial charge on any atom is 0.306 e. The van der Waals surface area contributed by atoms with Crippen LogP contribution in [0.25, 0.3) is 0 Å². The van der Waals surface area contributed by atoms with E-state index in [-0.39, 0.29) is 24.1 Å². The standard InChI is InChI=1S/C14H19NO3/c1-10(9-13(16)18-4)14(17)11-5-7-12(8-6-11)15(2)3/h5-8,10H,9H2,1-4H3. The minimum absolute atomic E-state index is 0.0364. The number of ether oxygens (including phenoxy) is 1. The number of carbonyl (C=O) groups is 2. The molecule has 0 aliphatic carbocycles. The summed E-state index contributed by atoms with van der Waals surface area (Å²) >= 11 is 0. The van der Waals surface area contributed by atoms with Crippen LogP contribution in [0, 0.1) is 5.92 Å². The third kappa shape index (κ3) is 3.58. The first kappa shape index (κ1) is 14.2. The van der Waals surface area contributed by atoms with Crippen LogP contribution in [0.15, 0.2) is 24.3 Å². The van der Waals surface area contributed by atoms with Gasteiger partial charge in [0.2, 0.25) is 0 Å². The number of carbonyl (C=O) groups excluding carboxylic acids is 2. The van der Waals surface area contributed by atoms with Gasteiger partial charge in [0.05, 0.1) is 13.5 Å². The highest BCUT2D eigenvalue weighted by atomic mass is 16.5. The molecule has 0 aliphatic rings. The molecule has 1 atom stereocenters. The molecule has 1 aromatic rings. The molecule has 18 heavy (non-hydrogen) atoms. The molecule has 0 saturated carbocycles. The van der Waals surface area contributed by atoms with E-state index >= 15 is 0 Å². The van der Waals surface area contributed by atoms with Gasteiger partial charge in [0.25, 0.3) is 0 Å². The number of esters is 1. The highest BCUT2D eigenvalue weighted by Crippen LogP contribution is 2.17. The molecule has 1 rings (SSSR count). The van der Waals surface area contributed by atoms with E-state index in [1.807, 2.05) is 31.1 Å². The lowest BCUT2D eigenvalue weighted by Crippen LogP contribution is -2.17. The number of nitrogens with zero attached hydrogens (tertiary/aromatic N) is 1. The molecular formula is C14H19NO3. The van der Waals surface area contributed by atoms with Gasteiger partial charge in [-0.3, -0.25) is 9.59 Å². The number of Topliss-reactive ketones (excluding diaryl/α,β-unsaturated/α-hetero) is 1. The van der Waals surface area contributed by atoms with Gasteiger partial charge in [-0.1, -0.05) is 6.92 Å². The van der Waals surface area contributed by atoms with Crippen molar-refractivity contribution in [1.82, 2.24) is 0 Å². The molecule has 0 N–H and O–H groups in total. The Balaban J connectivity index is 2.74. The zero-order valence-corrected chi connectivity index (χ0v) is 11.3. The number of rotatable bonds is 5. The van der Waals surface area contributed by atoms with Crippen LogP contribution in [0.5, 0.6) is 0 Å². The second-order valence-corrected chi connectivity index (χ2v) is 4.49. The molecule has 0 radical (unpaired) electrons. The van der Waals surface area contributed by atoms with Gasteiger partial charge in [-0.15, -0.1) is 0 Å². The van der Waals surface area contributed by atoms with E-state index in [9.17, 15) is 9.59 Å². The van der Waals surface area contributed by atoms with Gasteiger partial charge in [-0.05, 0) is 24.3 Å². The Morgan fingerprint density at radius 2 is 1.78 bits per heavy atom. The van der Waals surface area contributed by atoms with Crippen LogP contribution in [0.1, 0.15) is 23.7 Å². The number of hydrogen-bond donors (Lipinski definition) is 0. The molecule has 0 spiro atoms. The van der Waals surface area contributed by atoms with Gasteiger partial charge in [-0.25, -0.2) is 0 Å². The molecule has 0 bridgehead atoms. The molecule has 1 aromatic carbocycles. The Morgan fingerprint density at radius 3 is 2.22 bits per heavy atom. The van der Waals surface area contributed by atoms with Gasteiger partial charge in [0.15, 0.2) is 5.78 Å². The van der Waals surface area contributed by atoms with Crippen molar-refractivity contribution in [2.45, 2.75) is 13.3 Å². The molecule has 0 aliphatic heterocycles. The predicted octanol–water partition coefficient (Wildman–Crippen LogP) is 2.13. The predicted molar refractivity (Wildman–Crippen MR) is 70.9 cm³/mol. The molecule has 0 fully saturated rings. The summed E-state index contributed by atoms with van der Waals surface area (Å²) in [5.74, 6) is -0.755. The van der Waals surface area contributed by atoms with Crippen LogP contribution in [0.3, 0.4) is 0 Å². The van der Waals surface area contributed by atoms with Crippen molar-refractivity contribution in [2.24, 2.45) is 5.92 Å². The van der Waals surface area contributed by atoms with E-state index < -0.39 is 0 Å². The van der Waals surface area contributed by atoms with E-state index in [2.05, 4.69) is 4.74 Å². The molecule has 1 unspecified atom stereocenters. The van der Waals surface area contributed by atoms with E-state index in [4.69, 9.17) is 0 Å². The quantitative estimate of drug-likeness (QED) is 0.592. The average molecular weight is 249 g/mol. The van der Waals surface area contributed by atoms with Crippen molar-refractivity contribution in [2.75, 3.05) is 26.1 Å². The summed E-state index contributed by atoms with van der Waals surface area (Å²) in [5.41, 5.74) is 1.66. The number of hydrogen-bond acceptors (Lipinski definition) is 4. The fourth-order valence-electron chi connectivity index (χ4n) is 1.63. The Hall–Kier alpha value is -1.84. The second-order valence-electron chi connectivity index (χ2n) is 4.49. The van der Waals surface area contributed by atoms with Crippen LogP contribution in [-0.4, -0.2) is 33.0 Å². The maximum absolute atomic E-state index is 12.1. The first-order valence-electron chi connectivity index (χ1n) is 5.84. The van der Waals surface area contributed by atoms with Crippen LogP contribution in [0.2, 0.25) is 0 Å². The first-order valence-corrected chi connectivity index (χ1v) is 5.84. The van der Waals surface area contributed by atoms with Crippen molar-refractivity contribution in [3.8, 4) is 0 Å². The Kier molecular flexibility index (Phi) is 4.89. The third-order valence-electron chi connectivity index (χ3n) is 2.82. The lowest BCUT2D eigenvalue weighted by molar-refractivity contribution is -0.141. The summed E-state index contributed by atoms with van der Waals surface area (Å²) in [4.78, 5) is 25.1. The van der Waals surface area contributed by atoms with Crippen LogP contribution in [-0.2, 0) is 9.53 Å². The third-order valence-corrected chi connectivity index (χ3v) is 2.82. The van der Waals surface area contributed by atoms with Crippen molar-refractivity contribution in [1.29, 1.82) is 0 Å². The van der Waals surface area contributed by atoms with E-state index in [1.54, 1.807) is 19.1 Å². The lowest BCUT2D eigenvalue weighted by Gasteiger charge is -2.13. The molecule has 98 valence electrons. The number of benzene rings is 1. The SMILES string of the molecule is COC(=O)CC(C)C(=O)c1ccc(N(C)C)cc1. The van der Waals surface area contributed by atoms with Crippen molar-refractivity contribution in [3.05, 3.63) is 29.8 Å². The van der Waals surface area contributed by atoms with Crippen molar-refractivity contribution in [3.63, 3.8) is 0 Å². The van der Waals surface area contributed by atoms with Crippen LogP contribution >= 0.6 is 0 Å². The summed E-state index contributed by atoms with van der Waals surface area (Å²) < 4.78 is 4.56. The fraction of sp³-hybridized carbons (Fsp3) is 0.429. The summed E-state index contributed by atoms with van der Waals surface area (Å²) in [6.07, 6.45) is 0.116. The van der Waals surface area contributed by atoms with E-state index in [0.29, 0.717) is 5.56 Å². The van der Waals surface area contributed by atoms with Crippen LogP contribution in [0.4, 0.5) is 5.69 Å². The minimum Gasteiger partial charge on any atom is -0.469 e. The molecule has 4 nitrogen and oxygen atoms in total. The topological polar surface area (TPSA) is 46.6 Å². The molecule has 0 amide bonds. The molecular weight excluding hydrogens is 230 g/mol. The highest BCUT2D eigenvalue weighted by Gasteiger charge is 2.18. The highest BCUT2D eigenvalue weighted by molar-refractivity contribution is 5.99. The Morgan fingerprint density at radius 1 is 1.22 bits per heavy atom. The van der Waals surface area contributed by atoms with Gasteiger partial charge in [-0.2, -0.15) is 0 Å². The monoisotopic (exact) mass is 249 g/mol. The van der Waals surface area contributed by atoms with Crippen LogP contribution < -0.4 is 4.90 Å². The molecule has 4 heteroatoms. The van der Waals surface area contributed by atoms with Gasteiger partial charge in [0, 0.05) is 31.3 Å². The zero-order chi connectivity index (χ0) is 13.7. The van der Waals surface area contributed by atoms with Crippen molar-refractivity contribution >= 4 is 17.4 Å². The molecule has 0 heterocycles. The fourth-order valence-corrected chi connectivity index (χ4v) is 1.63. The Bertz CT molecular complexity index is 423. The average Bonchev–Trinajstić information content (AvgIpc) is 2.37. The van der Waals surface area contributed by atoms with E-state index in [0.717, 1.165) is 5.69 Å². The first-order chi connectivity index (χ1) is 8.45. The smallest absolute Gasteiger partial charge is 0.306 e. The number of anilines is 1. The molecule has 0 aromatic heterocycles.